The van der Waals surface area contributed by atoms with E-state index in [4.69, 9.17) is 0 Å². The molecule has 0 spiro atoms. The van der Waals surface area contributed by atoms with Crippen LogP contribution in [0.4, 0.5) is 0 Å². The van der Waals surface area contributed by atoms with Gasteiger partial charge >= 0.3 is 0 Å². The lowest BCUT2D eigenvalue weighted by Gasteiger charge is -1.94. The minimum absolute atomic E-state index is 0.588. The number of hydrogen-bond acceptors (Lipinski definition) is 3. The smallest absolute Gasteiger partial charge is 0.190 e. The Balaban J connectivity index is 2.85. The first-order valence-electron chi connectivity index (χ1n) is 2.71. The van der Waals surface area contributed by atoms with Crippen molar-refractivity contribution in [1.29, 1.82) is 0 Å². The van der Waals surface area contributed by atoms with E-state index < -0.39 is 11.1 Å². The van der Waals surface area contributed by atoms with Crippen molar-refractivity contribution in [3.8, 4) is 0 Å². The number of rotatable bonds is 2. The molecule has 10 heavy (non-hydrogen) atoms. The highest BCUT2D eigenvalue weighted by atomic mass is 32.2. The number of hydrogen-bond donors (Lipinski definition) is 0. The maximum absolute atomic E-state index is 10.9. The molecule has 4 heteroatoms. The minimum atomic E-state index is -1.35. The van der Waals surface area contributed by atoms with Gasteiger partial charge in [0.05, 0.1) is 12.0 Å². The third-order valence-corrected chi connectivity index (χ3v) is 1.91. The Labute approximate surface area is 61.7 Å². The van der Waals surface area contributed by atoms with Crippen LogP contribution < -0.4 is 0 Å². The van der Waals surface area contributed by atoms with E-state index in [1.807, 2.05) is 0 Å². The predicted octanol–water partition coefficient (Wildman–Crippen LogP) is 0.751. The first-order chi connectivity index (χ1) is 4.84. The summed E-state index contributed by atoms with van der Waals surface area (Å²) in [4.78, 5) is 4.37. The molecule has 0 radical (unpaired) electrons. The zero-order valence-electron chi connectivity index (χ0n) is 5.48. The first kappa shape index (κ1) is 7.37. The molecule has 1 aromatic rings. The SMILES string of the molecule is COS(=O)c1cccnc1. The van der Waals surface area contributed by atoms with Crippen molar-refractivity contribution in [2.75, 3.05) is 7.11 Å². The molecule has 0 amide bonds. The maximum atomic E-state index is 10.9. The topological polar surface area (TPSA) is 39.2 Å². The normalized spacial score (nSPS) is 12.9. The summed E-state index contributed by atoms with van der Waals surface area (Å²) in [5, 5.41) is 0. The van der Waals surface area contributed by atoms with Gasteiger partial charge < -0.3 is 0 Å². The molecule has 1 heterocycles. The summed E-state index contributed by atoms with van der Waals surface area (Å²) in [6.45, 7) is 0. The van der Waals surface area contributed by atoms with Gasteiger partial charge in [0.1, 0.15) is 0 Å². The van der Waals surface area contributed by atoms with Gasteiger partial charge in [-0.3, -0.25) is 9.17 Å². The molecule has 0 aliphatic heterocycles. The molecule has 1 unspecified atom stereocenters. The van der Waals surface area contributed by atoms with E-state index in [0.29, 0.717) is 4.90 Å². The van der Waals surface area contributed by atoms with Crippen LogP contribution in [-0.4, -0.2) is 16.3 Å². The van der Waals surface area contributed by atoms with Crippen LogP contribution in [0.1, 0.15) is 0 Å². The van der Waals surface area contributed by atoms with Crippen LogP contribution in [0, 0.1) is 0 Å². The summed E-state index contributed by atoms with van der Waals surface area (Å²) in [6, 6.07) is 3.42. The van der Waals surface area contributed by atoms with Crippen LogP contribution in [0.25, 0.3) is 0 Å². The van der Waals surface area contributed by atoms with E-state index in [1.165, 1.54) is 13.3 Å². The van der Waals surface area contributed by atoms with Gasteiger partial charge in [-0.1, -0.05) is 0 Å². The quantitative estimate of drug-likeness (QED) is 0.636. The number of pyridine rings is 1. The molecule has 1 aromatic heterocycles. The standard InChI is InChI=1S/C6H7NO2S/c1-9-10(8)6-3-2-4-7-5-6/h2-5H,1H3. The third kappa shape index (κ3) is 1.62. The summed E-state index contributed by atoms with van der Waals surface area (Å²) in [5.41, 5.74) is 0. The Morgan fingerprint density at radius 1 is 1.70 bits per heavy atom. The molecule has 3 nitrogen and oxygen atoms in total. The zero-order valence-corrected chi connectivity index (χ0v) is 6.30. The second-order valence-electron chi connectivity index (χ2n) is 1.59. The third-order valence-electron chi connectivity index (χ3n) is 0.978. The van der Waals surface area contributed by atoms with Gasteiger partial charge in [-0.25, -0.2) is 4.21 Å². The van der Waals surface area contributed by atoms with Crippen LogP contribution in [0.2, 0.25) is 0 Å². The number of nitrogens with zero attached hydrogens (tertiary/aromatic N) is 1. The van der Waals surface area contributed by atoms with Crippen molar-refractivity contribution in [2.45, 2.75) is 4.90 Å². The Kier molecular flexibility index (Phi) is 2.53. The first-order valence-corrected chi connectivity index (χ1v) is 3.78. The number of aromatic nitrogens is 1. The van der Waals surface area contributed by atoms with Crippen LogP contribution >= 0.6 is 0 Å². The molecular weight excluding hydrogens is 150 g/mol. The molecule has 0 aromatic carbocycles. The molecule has 0 aliphatic rings. The molecule has 54 valence electrons. The molecule has 0 aliphatic carbocycles. The van der Waals surface area contributed by atoms with Crippen molar-refractivity contribution in [1.82, 2.24) is 4.98 Å². The predicted molar refractivity (Wildman–Crippen MR) is 37.7 cm³/mol. The Bertz CT molecular complexity index is 224. The second-order valence-corrected chi connectivity index (χ2v) is 2.86. The molecule has 0 saturated carbocycles. The van der Waals surface area contributed by atoms with Gasteiger partial charge in [-0.2, -0.15) is 0 Å². The van der Waals surface area contributed by atoms with Gasteiger partial charge in [0.2, 0.25) is 0 Å². The van der Waals surface area contributed by atoms with E-state index in [9.17, 15) is 4.21 Å². The Morgan fingerprint density at radius 2 is 2.50 bits per heavy atom. The van der Waals surface area contributed by atoms with Gasteiger partial charge in [0.15, 0.2) is 11.1 Å². The van der Waals surface area contributed by atoms with Gasteiger partial charge in [-0.15, -0.1) is 0 Å². The second kappa shape index (κ2) is 3.43. The summed E-state index contributed by atoms with van der Waals surface area (Å²) in [7, 11) is 1.39. The summed E-state index contributed by atoms with van der Waals surface area (Å²) < 4.78 is 15.4. The minimum Gasteiger partial charge on any atom is -0.290 e. The van der Waals surface area contributed by atoms with Crippen LogP contribution in [0.15, 0.2) is 29.4 Å². The van der Waals surface area contributed by atoms with Gasteiger partial charge in [-0.05, 0) is 12.1 Å². The van der Waals surface area contributed by atoms with Gasteiger partial charge in [0.25, 0.3) is 0 Å². The molecule has 1 rings (SSSR count). The fourth-order valence-electron chi connectivity index (χ4n) is 0.542. The van der Waals surface area contributed by atoms with Crippen molar-refractivity contribution in [3.63, 3.8) is 0 Å². The molecular formula is C6H7NO2S. The highest BCUT2D eigenvalue weighted by molar-refractivity contribution is 7.80. The van der Waals surface area contributed by atoms with E-state index in [1.54, 1.807) is 18.3 Å². The van der Waals surface area contributed by atoms with Crippen molar-refractivity contribution in [2.24, 2.45) is 0 Å². The van der Waals surface area contributed by atoms with Crippen molar-refractivity contribution >= 4 is 11.1 Å². The van der Waals surface area contributed by atoms with Gasteiger partial charge in [0, 0.05) is 12.4 Å². The van der Waals surface area contributed by atoms with E-state index in [-0.39, 0.29) is 0 Å². The lowest BCUT2D eigenvalue weighted by atomic mass is 10.5. The van der Waals surface area contributed by atoms with Crippen LogP contribution in [0.5, 0.6) is 0 Å². The lowest BCUT2D eigenvalue weighted by molar-refractivity contribution is 0.445. The maximum Gasteiger partial charge on any atom is 0.190 e. The van der Waals surface area contributed by atoms with Crippen LogP contribution in [0.3, 0.4) is 0 Å². The average molecular weight is 157 g/mol. The summed E-state index contributed by atoms with van der Waals surface area (Å²) in [5.74, 6) is 0. The molecule has 0 N–H and O–H groups in total. The lowest BCUT2D eigenvalue weighted by Crippen LogP contribution is -1.92. The molecule has 0 bridgehead atoms. The summed E-state index contributed by atoms with van der Waals surface area (Å²) in [6.07, 6.45) is 3.13. The molecule has 0 fully saturated rings. The van der Waals surface area contributed by atoms with Crippen molar-refractivity contribution in [3.05, 3.63) is 24.5 Å². The largest absolute Gasteiger partial charge is 0.290 e. The summed E-state index contributed by atoms with van der Waals surface area (Å²) >= 11 is -1.35. The van der Waals surface area contributed by atoms with Crippen molar-refractivity contribution < 1.29 is 8.39 Å². The molecule has 0 saturated heterocycles. The fraction of sp³-hybridized carbons (Fsp3) is 0.167. The monoisotopic (exact) mass is 157 g/mol. The van der Waals surface area contributed by atoms with E-state index in [0.717, 1.165) is 0 Å². The van der Waals surface area contributed by atoms with E-state index in [2.05, 4.69) is 9.17 Å². The average Bonchev–Trinajstić information content (AvgIpc) is 2.05. The molecule has 1 atom stereocenters. The van der Waals surface area contributed by atoms with E-state index >= 15 is 0 Å². The fourth-order valence-corrected chi connectivity index (χ4v) is 1.07. The highest BCUT2D eigenvalue weighted by Gasteiger charge is 1.98. The van der Waals surface area contributed by atoms with Crippen LogP contribution in [-0.2, 0) is 15.3 Å². The zero-order chi connectivity index (χ0) is 7.40. The Hall–Kier alpha value is -0.740. The Morgan fingerprint density at radius 3 is 3.00 bits per heavy atom. The highest BCUT2D eigenvalue weighted by Crippen LogP contribution is 2.02.